The van der Waals surface area contributed by atoms with Gasteiger partial charge in [-0.1, -0.05) is 38.4 Å². The number of hydrogen-bond acceptors (Lipinski definition) is 1. The highest BCUT2D eigenvalue weighted by Crippen LogP contribution is 2.32. The molecule has 0 radical (unpaired) electrons. The second kappa shape index (κ2) is 4.35. The molecule has 1 rings (SSSR count). The fraction of sp³-hybridized carbons (Fsp3) is 0.455. The van der Waals surface area contributed by atoms with E-state index in [0.717, 1.165) is 5.56 Å². The monoisotopic (exact) mass is 234 g/mol. The fourth-order valence-corrected chi connectivity index (χ4v) is 1.32. The van der Waals surface area contributed by atoms with E-state index in [-0.39, 0.29) is 16.2 Å². The van der Waals surface area contributed by atoms with Crippen molar-refractivity contribution < 1.29 is 13.5 Å². The summed E-state index contributed by atoms with van der Waals surface area (Å²) < 4.78 is 28.4. The van der Waals surface area contributed by atoms with Gasteiger partial charge in [-0.2, -0.15) is 8.78 Å². The highest BCUT2D eigenvalue weighted by molar-refractivity contribution is 6.32. The number of benzene rings is 1. The van der Waals surface area contributed by atoms with Crippen molar-refractivity contribution >= 4 is 11.6 Å². The molecular formula is C11H13ClF2O. The Morgan fingerprint density at radius 2 is 1.87 bits per heavy atom. The predicted octanol–water partition coefficient (Wildman–Crippen LogP) is 4.24. The Hall–Kier alpha value is -0.830. The summed E-state index contributed by atoms with van der Waals surface area (Å²) in [6, 6.07) is 4.93. The molecule has 0 spiro atoms. The first-order valence-electron chi connectivity index (χ1n) is 4.55. The van der Waals surface area contributed by atoms with Crippen LogP contribution in [0.1, 0.15) is 26.3 Å². The lowest BCUT2D eigenvalue weighted by molar-refractivity contribution is -0.0498. The molecule has 0 aliphatic carbocycles. The average molecular weight is 235 g/mol. The molecule has 0 aliphatic heterocycles. The summed E-state index contributed by atoms with van der Waals surface area (Å²) in [6.45, 7) is 3.12. The molecule has 0 aromatic heterocycles. The third-order valence-electron chi connectivity index (χ3n) is 2.01. The van der Waals surface area contributed by atoms with E-state index in [9.17, 15) is 8.78 Å². The summed E-state index contributed by atoms with van der Waals surface area (Å²) in [5, 5.41) is 0.198. The number of rotatable bonds is 2. The van der Waals surface area contributed by atoms with Crippen LogP contribution >= 0.6 is 11.6 Å². The average Bonchev–Trinajstić information content (AvgIpc) is 2.06. The van der Waals surface area contributed by atoms with Crippen LogP contribution in [0.5, 0.6) is 5.75 Å². The van der Waals surface area contributed by atoms with Crippen molar-refractivity contribution in [3.05, 3.63) is 28.8 Å². The van der Waals surface area contributed by atoms with Gasteiger partial charge in [0.15, 0.2) is 0 Å². The molecule has 0 fully saturated rings. The van der Waals surface area contributed by atoms with Crippen LogP contribution in [0.2, 0.25) is 5.02 Å². The Kier molecular flexibility index (Phi) is 3.55. The normalized spacial score (nSPS) is 11.9. The largest absolute Gasteiger partial charge is 0.433 e. The van der Waals surface area contributed by atoms with Crippen LogP contribution in [0.3, 0.4) is 0 Å². The first-order chi connectivity index (χ1) is 6.80. The Morgan fingerprint density at radius 1 is 1.27 bits per heavy atom. The van der Waals surface area contributed by atoms with Gasteiger partial charge in [0, 0.05) is 0 Å². The predicted molar refractivity (Wildman–Crippen MR) is 56.8 cm³/mol. The van der Waals surface area contributed by atoms with Gasteiger partial charge in [-0.15, -0.1) is 0 Å². The molecule has 0 aliphatic rings. The van der Waals surface area contributed by atoms with Gasteiger partial charge in [-0.25, -0.2) is 0 Å². The van der Waals surface area contributed by atoms with Gasteiger partial charge in [0.2, 0.25) is 0 Å². The number of ether oxygens (including phenoxy) is 1. The van der Waals surface area contributed by atoms with Gasteiger partial charge >= 0.3 is 6.61 Å². The van der Waals surface area contributed by atoms with Crippen LogP contribution < -0.4 is 4.74 Å². The van der Waals surface area contributed by atoms with E-state index in [1.807, 2.05) is 20.8 Å². The minimum Gasteiger partial charge on any atom is -0.433 e. The van der Waals surface area contributed by atoms with E-state index in [1.165, 1.54) is 0 Å². The maximum Gasteiger partial charge on any atom is 0.387 e. The Bertz CT molecular complexity index is 345. The molecule has 0 saturated heterocycles. The zero-order valence-electron chi connectivity index (χ0n) is 8.85. The second-order valence-corrected chi connectivity index (χ2v) is 4.68. The Balaban J connectivity index is 3.06. The van der Waals surface area contributed by atoms with Crippen LogP contribution in [0.25, 0.3) is 0 Å². The maximum absolute atomic E-state index is 12.0. The van der Waals surface area contributed by atoms with Crippen molar-refractivity contribution in [3.63, 3.8) is 0 Å². The third kappa shape index (κ3) is 3.34. The van der Waals surface area contributed by atoms with E-state index in [1.54, 1.807) is 18.2 Å². The molecule has 1 aromatic rings. The third-order valence-corrected chi connectivity index (χ3v) is 2.33. The van der Waals surface area contributed by atoms with E-state index >= 15 is 0 Å². The molecule has 0 bridgehead atoms. The smallest absolute Gasteiger partial charge is 0.387 e. The van der Waals surface area contributed by atoms with Crippen LogP contribution in [-0.4, -0.2) is 6.61 Å². The molecule has 84 valence electrons. The van der Waals surface area contributed by atoms with Gasteiger partial charge in [-0.3, -0.25) is 0 Å². The van der Waals surface area contributed by atoms with Crippen molar-refractivity contribution in [2.24, 2.45) is 0 Å². The molecule has 15 heavy (non-hydrogen) atoms. The van der Waals surface area contributed by atoms with Crippen molar-refractivity contribution in [1.82, 2.24) is 0 Å². The standard InChI is InChI=1S/C11H13ClF2O/c1-11(2,3)7-4-5-8(12)9(6-7)15-10(13)14/h4-6,10H,1-3H3. The summed E-state index contributed by atoms with van der Waals surface area (Å²) in [4.78, 5) is 0. The van der Waals surface area contributed by atoms with Crippen LogP contribution in [0.15, 0.2) is 18.2 Å². The van der Waals surface area contributed by atoms with Crippen molar-refractivity contribution in [2.45, 2.75) is 32.8 Å². The Morgan fingerprint density at radius 3 is 2.33 bits per heavy atom. The quantitative estimate of drug-likeness (QED) is 0.744. The minimum absolute atomic E-state index is 0.0269. The lowest BCUT2D eigenvalue weighted by Crippen LogP contribution is -2.12. The zero-order chi connectivity index (χ0) is 11.6. The SMILES string of the molecule is CC(C)(C)c1ccc(Cl)c(OC(F)F)c1. The number of halogens is 3. The molecule has 0 heterocycles. The van der Waals surface area contributed by atoms with Gasteiger partial charge < -0.3 is 4.74 Å². The van der Waals surface area contributed by atoms with Crippen molar-refractivity contribution in [1.29, 1.82) is 0 Å². The summed E-state index contributed by atoms with van der Waals surface area (Å²) >= 11 is 5.73. The summed E-state index contributed by atoms with van der Waals surface area (Å²) in [6.07, 6.45) is 0. The molecule has 0 N–H and O–H groups in total. The van der Waals surface area contributed by atoms with Gasteiger partial charge in [0.05, 0.1) is 5.02 Å². The number of hydrogen-bond donors (Lipinski definition) is 0. The summed E-state index contributed by atoms with van der Waals surface area (Å²) in [5.41, 5.74) is 0.785. The van der Waals surface area contributed by atoms with Gasteiger partial charge in [-0.05, 0) is 23.1 Å². The van der Waals surface area contributed by atoms with E-state index in [4.69, 9.17) is 11.6 Å². The molecule has 0 amide bonds. The van der Waals surface area contributed by atoms with Crippen LogP contribution in [-0.2, 0) is 5.41 Å². The summed E-state index contributed by atoms with van der Waals surface area (Å²) in [7, 11) is 0. The summed E-state index contributed by atoms with van der Waals surface area (Å²) in [5.74, 6) is 0.0269. The fourth-order valence-electron chi connectivity index (χ4n) is 1.16. The molecule has 0 saturated carbocycles. The van der Waals surface area contributed by atoms with Crippen molar-refractivity contribution in [2.75, 3.05) is 0 Å². The van der Waals surface area contributed by atoms with Crippen LogP contribution in [0.4, 0.5) is 8.78 Å². The first-order valence-corrected chi connectivity index (χ1v) is 4.93. The molecule has 1 aromatic carbocycles. The van der Waals surface area contributed by atoms with Gasteiger partial charge in [0.1, 0.15) is 5.75 Å². The minimum atomic E-state index is -2.85. The topological polar surface area (TPSA) is 9.23 Å². The van der Waals surface area contributed by atoms with Gasteiger partial charge in [0.25, 0.3) is 0 Å². The van der Waals surface area contributed by atoms with Crippen LogP contribution in [0, 0.1) is 0 Å². The van der Waals surface area contributed by atoms with Crippen molar-refractivity contribution in [3.8, 4) is 5.75 Å². The Labute approximate surface area is 93.0 Å². The highest BCUT2D eigenvalue weighted by atomic mass is 35.5. The van der Waals surface area contributed by atoms with E-state index in [0.29, 0.717) is 0 Å². The molecular weight excluding hydrogens is 222 g/mol. The second-order valence-electron chi connectivity index (χ2n) is 4.27. The number of alkyl halides is 2. The highest BCUT2D eigenvalue weighted by Gasteiger charge is 2.17. The molecule has 4 heteroatoms. The molecule has 0 atom stereocenters. The lowest BCUT2D eigenvalue weighted by Gasteiger charge is -2.20. The first kappa shape index (κ1) is 12.2. The maximum atomic E-state index is 12.0. The van der Waals surface area contributed by atoms with E-state index in [2.05, 4.69) is 4.74 Å². The lowest BCUT2D eigenvalue weighted by atomic mass is 9.87. The van der Waals surface area contributed by atoms with E-state index < -0.39 is 6.61 Å². The zero-order valence-corrected chi connectivity index (χ0v) is 9.61. The molecule has 0 unspecified atom stereocenters. The molecule has 1 nitrogen and oxygen atoms in total.